The van der Waals surface area contributed by atoms with E-state index in [1.54, 1.807) is 4.90 Å². The van der Waals surface area contributed by atoms with E-state index >= 15 is 0 Å². The molecule has 0 aliphatic carbocycles. The number of nitrogens with one attached hydrogen (secondary N) is 1. The van der Waals surface area contributed by atoms with Crippen molar-refractivity contribution in [1.29, 1.82) is 0 Å². The first kappa shape index (κ1) is 16.4. The van der Waals surface area contributed by atoms with Crippen LogP contribution in [0.25, 0.3) is 0 Å². The van der Waals surface area contributed by atoms with E-state index in [4.69, 9.17) is 4.74 Å². The van der Waals surface area contributed by atoms with Crippen LogP contribution in [0.3, 0.4) is 0 Å². The number of carbonyl (C=O) groups is 1. The van der Waals surface area contributed by atoms with Gasteiger partial charge in [-0.25, -0.2) is 4.79 Å². The first-order chi connectivity index (χ1) is 11.5. The SMILES string of the molecule is CC(NC(=O)N1CCc2ccccc21)Oc1ccc(C(C)C)cc1. The molecule has 24 heavy (non-hydrogen) atoms. The Morgan fingerprint density at radius 2 is 1.79 bits per heavy atom. The third kappa shape index (κ3) is 3.53. The molecule has 1 aliphatic rings. The lowest BCUT2D eigenvalue weighted by Crippen LogP contribution is -2.45. The van der Waals surface area contributed by atoms with Crippen LogP contribution in [0.4, 0.5) is 10.5 Å². The van der Waals surface area contributed by atoms with Gasteiger partial charge in [0.2, 0.25) is 0 Å². The zero-order valence-corrected chi connectivity index (χ0v) is 14.5. The maximum Gasteiger partial charge on any atom is 0.324 e. The second kappa shape index (κ2) is 6.95. The number of benzene rings is 2. The summed E-state index contributed by atoms with van der Waals surface area (Å²) in [6.45, 7) is 6.87. The largest absolute Gasteiger partial charge is 0.471 e. The fraction of sp³-hybridized carbons (Fsp3) is 0.350. The fourth-order valence-corrected chi connectivity index (χ4v) is 2.97. The summed E-state index contributed by atoms with van der Waals surface area (Å²) in [5.41, 5.74) is 3.47. The van der Waals surface area contributed by atoms with Crippen LogP contribution in [0.1, 0.15) is 37.8 Å². The van der Waals surface area contributed by atoms with Crippen LogP contribution >= 0.6 is 0 Å². The standard InChI is InChI=1S/C20H24N2O2/c1-14(2)16-8-10-18(11-9-16)24-15(3)21-20(23)22-13-12-17-6-4-5-7-19(17)22/h4-11,14-15H,12-13H2,1-3H3,(H,21,23). The molecule has 4 heteroatoms. The summed E-state index contributed by atoms with van der Waals surface area (Å²) < 4.78 is 5.81. The van der Waals surface area contributed by atoms with Crippen molar-refractivity contribution in [3.8, 4) is 5.75 Å². The van der Waals surface area contributed by atoms with Crippen molar-refractivity contribution in [2.45, 2.75) is 39.3 Å². The molecule has 1 atom stereocenters. The number of rotatable bonds is 4. The average molecular weight is 324 g/mol. The molecule has 2 amide bonds. The predicted octanol–water partition coefficient (Wildman–Crippen LogP) is 4.31. The molecular weight excluding hydrogens is 300 g/mol. The normalized spacial score (nSPS) is 14.4. The van der Waals surface area contributed by atoms with Gasteiger partial charge >= 0.3 is 6.03 Å². The Morgan fingerprint density at radius 3 is 2.50 bits per heavy atom. The molecule has 1 heterocycles. The minimum absolute atomic E-state index is 0.119. The molecule has 0 saturated carbocycles. The number of nitrogens with zero attached hydrogens (tertiary/aromatic N) is 1. The molecule has 0 aromatic heterocycles. The lowest BCUT2D eigenvalue weighted by Gasteiger charge is -2.22. The highest BCUT2D eigenvalue weighted by molar-refractivity contribution is 5.94. The van der Waals surface area contributed by atoms with Crippen LogP contribution in [0.5, 0.6) is 5.75 Å². The van der Waals surface area contributed by atoms with Crippen molar-refractivity contribution in [3.05, 3.63) is 59.7 Å². The summed E-state index contributed by atoms with van der Waals surface area (Å²) >= 11 is 0. The Kier molecular flexibility index (Phi) is 4.74. The van der Waals surface area contributed by atoms with E-state index in [9.17, 15) is 4.79 Å². The zero-order chi connectivity index (χ0) is 17.1. The third-order valence-electron chi connectivity index (χ3n) is 4.32. The highest BCUT2D eigenvalue weighted by Crippen LogP contribution is 2.27. The van der Waals surface area contributed by atoms with E-state index in [1.807, 2.05) is 37.3 Å². The van der Waals surface area contributed by atoms with Crippen LogP contribution in [-0.4, -0.2) is 18.8 Å². The third-order valence-corrected chi connectivity index (χ3v) is 4.32. The Balaban J connectivity index is 1.59. The molecule has 1 aliphatic heterocycles. The Bertz CT molecular complexity index is 710. The minimum atomic E-state index is -0.393. The second-order valence-corrected chi connectivity index (χ2v) is 6.46. The Morgan fingerprint density at radius 1 is 1.08 bits per heavy atom. The van der Waals surface area contributed by atoms with E-state index in [-0.39, 0.29) is 6.03 Å². The molecule has 2 aromatic rings. The smallest absolute Gasteiger partial charge is 0.324 e. The number of fused-ring (bicyclic) bond motifs is 1. The summed E-state index contributed by atoms with van der Waals surface area (Å²) in [6.07, 6.45) is 0.505. The summed E-state index contributed by atoms with van der Waals surface area (Å²) in [7, 11) is 0. The minimum Gasteiger partial charge on any atom is -0.471 e. The maximum atomic E-state index is 12.5. The van der Waals surface area contributed by atoms with E-state index in [0.29, 0.717) is 12.5 Å². The predicted molar refractivity (Wildman–Crippen MR) is 96.6 cm³/mol. The lowest BCUT2D eigenvalue weighted by atomic mass is 10.0. The van der Waals surface area contributed by atoms with Crippen LogP contribution < -0.4 is 15.0 Å². The van der Waals surface area contributed by atoms with Crippen LogP contribution in [0, 0.1) is 0 Å². The maximum absolute atomic E-state index is 12.5. The average Bonchev–Trinajstić information content (AvgIpc) is 2.99. The monoisotopic (exact) mass is 324 g/mol. The highest BCUT2D eigenvalue weighted by Gasteiger charge is 2.25. The van der Waals surface area contributed by atoms with Crippen molar-refractivity contribution in [1.82, 2.24) is 5.32 Å². The number of urea groups is 1. The molecule has 126 valence electrons. The van der Waals surface area contributed by atoms with Crippen molar-refractivity contribution in [2.24, 2.45) is 0 Å². The molecule has 0 saturated heterocycles. The van der Waals surface area contributed by atoms with Crippen molar-refractivity contribution >= 4 is 11.7 Å². The van der Waals surface area contributed by atoms with Gasteiger partial charge in [0.1, 0.15) is 5.75 Å². The summed E-state index contributed by atoms with van der Waals surface area (Å²) in [5, 5.41) is 2.91. The fourth-order valence-electron chi connectivity index (χ4n) is 2.97. The van der Waals surface area contributed by atoms with Gasteiger partial charge < -0.3 is 10.1 Å². The molecule has 0 radical (unpaired) electrons. The van der Waals surface area contributed by atoms with Gasteiger partial charge in [0.15, 0.2) is 6.23 Å². The van der Waals surface area contributed by atoms with Crippen LogP contribution in [0.15, 0.2) is 48.5 Å². The first-order valence-corrected chi connectivity index (χ1v) is 8.47. The molecule has 1 unspecified atom stereocenters. The molecular formula is C20H24N2O2. The zero-order valence-electron chi connectivity index (χ0n) is 14.5. The molecule has 0 spiro atoms. The van der Waals surface area contributed by atoms with Crippen molar-refractivity contribution < 1.29 is 9.53 Å². The van der Waals surface area contributed by atoms with Gasteiger partial charge in [0.05, 0.1) is 0 Å². The van der Waals surface area contributed by atoms with E-state index in [0.717, 1.165) is 17.9 Å². The van der Waals surface area contributed by atoms with E-state index in [2.05, 4.69) is 37.4 Å². The summed E-state index contributed by atoms with van der Waals surface area (Å²) in [5.74, 6) is 1.25. The van der Waals surface area contributed by atoms with E-state index in [1.165, 1.54) is 11.1 Å². The second-order valence-electron chi connectivity index (χ2n) is 6.46. The molecule has 3 rings (SSSR count). The molecule has 2 aromatic carbocycles. The number of hydrogen-bond acceptors (Lipinski definition) is 2. The van der Waals surface area contributed by atoms with Gasteiger partial charge in [0, 0.05) is 12.2 Å². The number of ether oxygens (including phenoxy) is 1. The molecule has 1 N–H and O–H groups in total. The Labute approximate surface area is 143 Å². The quantitative estimate of drug-likeness (QED) is 0.852. The van der Waals surface area contributed by atoms with Crippen molar-refractivity contribution in [3.63, 3.8) is 0 Å². The number of carbonyl (C=O) groups excluding carboxylic acids is 1. The van der Waals surface area contributed by atoms with E-state index < -0.39 is 6.23 Å². The van der Waals surface area contributed by atoms with Gasteiger partial charge in [-0.05, 0) is 48.6 Å². The number of anilines is 1. The Hall–Kier alpha value is -2.49. The first-order valence-electron chi connectivity index (χ1n) is 8.47. The number of hydrogen-bond donors (Lipinski definition) is 1. The summed E-state index contributed by atoms with van der Waals surface area (Å²) in [6, 6.07) is 15.9. The highest BCUT2D eigenvalue weighted by atomic mass is 16.5. The van der Waals surface area contributed by atoms with Crippen molar-refractivity contribution in [2.75, 3.05) is 11.4 Å². The van der Waals surface area contributed by atoms with Gasteiger partial charge in [-0.15, -0.1) is 0 Å². The van der Waals surface area contributed by atoms with Gasteiger partial charge in [-0.1, -0.05) is 44.2 Å². The van der Waals surface area contributed by atoms with Crippen LogP contribution in [-0.2, 0) is 6.42 Å². The van der Waals surface area contributed by atoms with Gasteiger partial charge in [0.25, 0.3) is 0 Å². The molecule has 0 fully saturated rings. The lowest BCUT2D eigenvalue weighted by molar-refractivity contribution is 0.180. The van der Waals surface area contributed by atoms with Crippen LogP contribution in [0.2, 0.25) is 0 Å². The number of amides is 2. The number of para-hydroxylation sites is 1. The molecule has 4 nitrogen and oxygen atoms in total. The van der Waals surface area contributed by atoms with Gasteiger partial charge in [-0.3, -0.25) is 4.90 Å². The van der Waals surface area contributed by atoms with Gasteiger partial charge in [-0.2, -0.15) is 0 Å². The topological polar surface area (TPSA) is 41.6 Å². The molecule has 0 bridgehead atoms. The summed E-state index contributed by atoms with van der Waals surface area (Å²) in [4.78, 5) is 14.3.